The second-order valence-corrected chi connectivity index (χ2v) is 8.19. The van der Waals surface area contributed by atoms with Gasteiger partial charge in [0.15, 0.2) is 0 Å². The third-order valence-corrected chi connectivity index (χ3v) is 4.82. The Labute approximate surface area is 174 Å². The van der Waals surface area contributed by atoms with E-state index in [9.17, 15) is 4.79 Å². The highest BCUT2D eigenvalue weighted by atomic mass is 79.9. The summed E-state index contributed by atoms with van der Waals surface area (Å²) in [4.78, 5) is 12.8. The molecule has 150 valence electrons. The summed E-state index contributed by atoms with van der Waals surface area (Å²) in [7, 11) is 0. The fraction of sp³-hybridized carbons (Fsp3) is 0.409. The number of carbonyl (C=O) groups excluding carboxylic acids is 1. The molecule has 0 aliphatic carbocycles. The molecule has 1 aliphatic heterocycles. The average molecular weight is 448 g/mol. The van der Waals surface area contributed by atoms with Crippen molar-refractivity contribution >= 4 is 27.5 Å². The number of halogens is 1. The fourth-order valence-corrected chi connectivity index (χ4v) is 3.22. The van der Waals surface area contributed by atoms with Crippen LogP contribution in [0.25, 0.3) is 0 Å². The van der Waals surface area contributed by atoms with Crippen LogP contribution < -0.4 is 14.8 Å². The number of carbonyl (C=O) groups is 1. The van der Waals surface area contributed by atoms with Crippen molar-refractivity contribution in [3.63, 3.8) is 0 Å². The number of ether oxygens (including phenoxy) is 3. The molecule has 6 heteroatoms. The summed E-state index contributed by atoms with van der Waals surface area (Å²) in [6.07, 6.45) is 2.32. The van der Waals surface area contributed by atoms with Crippen LogP contribution in [0, 0.1) is 5.92 Å². The Morgan fingerprint density at radius 2 is 2.00 bits per heavy atom. The SMILES string of the molecule is CC(C)COc1ccc(Br)cc1C(=O)Nc1ccc(OCC2CCCO2)cc1. The van der Waals surface area contributed by atoms with Crippen molar-refractivity contribution < 1.29 is 19.0 Å². The number of anilines is 1. The van der Waals surface area contributed by atoms with Gasteiger partial charge < -0.3 is 19.5 Å². The van der Waals surface area contributed by atoms with Crippen LogP contribution >= 0.6 is 15.9 Å². The number of amides is 1. The van der Waals surface area contributed by atoms with Crippen LogP contribution in [0.3, 0.4) is 0 Å². The third kappa shape index (κ3) is 5.97. The third-order valence-electron chi connectivity index (χ3n) is 4.33. The quantitative estimate of drug-likeness (QED) is 0.596. The van der Waals surface area contributed by atoms with Crippen molar-refractivity contribution in [1.29, 1.82) is 0 Å². The molecule has 2 aromatic carbocycles. The zero-order chi connectivity index (χ0) is 19.9. The maximum atomic E-state index is 12.8. The van der Waals surface area contributed by atoms with Gasteiger partial charge in [0.1, 0.15) is 18.1 Å². The van der Waals surface area contributed by atoms with Gasteiger partial charge in [0.25, 0.3) is 5.91 Å². The molecule has 28 heavy (non-hydrogen) atoms. The summed E-state index contributed by atoms with van der Waals surface area (Å²) in [5.74, 6) is 1.50. The molecular weight excluding hydrogens is 422 g/mol. The maximum Gasteiger partial charge on any atom is 0.259 e. The van der Waals surface area contributed by atoms with Gasteiger partial charge in [-0.2, -0.15) is 0 Å². The van der Waals surface area contributed by atoms with E-state index >= 15 is 0 Å². The molecule has 3 rings (SSSR count). The first-order valence-electron chi connectivity index (χ1n) is 9.59. The second kappa shape index (κ2) is 9.94. The number of benzene rings is 2. The fourth-order valence-electron chi connectivity index (χ4n) is 2.86. The summed E-state index contributed by atoms with van der Waals surface area (Å²) >= 11 is 3.42. The summed E-state index contributed by atoms with van der Waals surface area (Å²) in [6, 6.07) is 12.8. The zero-order valence-corrected chi connectivity index (χ0v) is 17.8. The molecule has 0 radical (unpaired) electrons. The largest absolute Gasteiger partial charge is 0.492 e. The van der Waals surface area contributed by atoms with Gasteiger partial charge in [0.05, 0.1) is 18.3 Å². The van der Waals surface area contributed by atoms with E-state index in [2.05, 4.69) is 35.1 Å². The Hall–Kier alpha value is -2.05. The molecule has 2 aromatic rings. The molecule has 0 spiro atoms. The molecule has 1 aliphatic rings. The molecule has 1 unspecified atom stereocenters. The van der Waals surface area contributed by atoms with Gasteiger partial charge >= 0.3 is 0 Å². The van der Waals surface area contributed by atoms with Crippen molar-refractivity contribution in [2.75, 3.05) is 25.1 Å². The zero-order valence-electron chi connectivity index (χ0n) is 16.2. The summed E-state index contributed by atoms with van der Waals surface area (Å²) < 4.78 is 17.9. The molecule has 1 atom stereocenters. The number of rotatable bonds is 8. The van der Waals surface area contributed by atoms with Gasteiger partial charge in [-0.1, -0.05) is 29.8 Å². The molecule has 1 saturated heterocycles. The minimum Gasteiger partial charge on any atom is -0.492 e. The summed E-state index contributed by atoms with van der Waals surface area (Å²) in [6.45, 7) is 6.07. The Kier molecular flexibility index (Phi) is 7.34. The lowest BCUT2D eigenvalue weighted by Gasteiger charge is -2.14. The van der Waals surface area contributed by atoms with Crippen LogP contribution in [0.4, 0.5) is 5.69 Å². The summed E-state index contributed by atoms with van der Waals surface area (Å²) in [5, 5.41) is 2.92. The number of hydrogen-bond donors (Lipinski definition) is 1. The van der Waals surface area contributed by atoms with E-state index in [1.165, 1.54) is 0 Å². The number of hydrogen-bond acceptors (Lipinski definition) is 4. The van der Waals surface area contributed by atoms with Gasteiger partial charge in [-0.15, -0.1) is 0 Å². The first-order chi connectivity index (χ1) is 13.5. The van der Waals surface area contributed by atoms with E-state index in [1.54, 1.807) is 6.07 Å². The van der Waals surface area contributed by atoms with E-state index in [-0.39, 0.29) is 12.0 Å². The summed E-state index contributed by atoms with van der Waals surface area (Å²) in [5.41, 5.74) is 1.19. The van der Waals surface area contributed by atoms with Crippen molar-refractivity contribution in [3.8, 4) is 11.5 Å². The first kappa shape index (κ1) is 20.7. The van der Waals surface area contributed by atoms with Gasteiger partial charge in [-0.05, 0) is 61.2 Å². The molecule has 0 saturated carbocycles. The van der Waals surface area contributed by atoms with Gasteiger partial charge in [-0.3, -0.25) is 4.79 Å². The average Bonchev–Trinajstić information content (AvgIpc) is 3.20. The lowest BCUT2D eigenvalue weighted by molar-refractivity contribution is 0.0679. The Morgan fingerprint density at radius 3 is 2.68 bits per heavy atom. The van der Waals surface area contributed by atoms with E-state index < -0.39 is 0 Å². The topological polar surface area (TPSA) is 56.8 Å². The van der Waals surface area contributed by atoms with Crippen LogP contribution in [0.2, 0.25) is 0 Å². The Morgan fingerprint density at radius 1 is 1.21 bits per heavy atom. The second-order valence-electron chi connectivity index (χ2n) is 7.27. The van der Waals surface area contributed by atoms with Gasteiger partial charge in [0, 0.05) is 16.8 Å². The molecule has 1 fully saturated rings. The van der Waals surface area contributed by atoms with Crippen molar-refractivity contribution in [1.82, 2.24) is 0 Å². The first-order valence-corrected chi connectivity index (χ1v) is 10.4. The van der Waals surface area contributed by atoms with Crippen molar-refractivity contribution in [2.24, 2.45) is 5.92 Å². The highest BCUT2D eigenvalue weighted by molar-refractivity contribution is 9.10. The standard InChI is InChI=1S/C22H26BrNO4/c1-15(2)13-28-21-10-5-16(23)12-20(21)22(25)24-17-6-8-18(9-7-17)27-14-19-4-3-11-26-19/h5-10,12,15,19H,3-4,11,13-14H2,1-2H3,(H,24,25). The monoisotopic (exact) mass is 447 g/mol. The highest BCUT2D eigenvalue weighted by Gasteiger charge is 2.16. The van der Waals surface area contributed by atoms with Crippen LogP contribution in [-0.2, 0) is 4.74 Å². The Bertz CT molecular complexity index is 786. The Balaban J connectivity index is 1.61. The predicted molar refractivity (Wildman–Crippen MR) is 113 cm³/mol. The van der Waals surface area contributed by atoms with E-state index in [0.29, 0.717) is 36.1 Å². The molecule has 0 bridgehead atoms. The minimum atomic E-state index is -0.215. The lowest BCUT2D eigenvalue weighted by Crippen LogP contribution is -2.16. The molecule has 5 nitrogen and oxygen atoms in total. The number of nitrogens with one attached hydrogen (secondary N) is 1. The van der Waals surface area contributed by atoms with E-state index in [0.717, 1.165) is 29.7 Å². The molecule has 1 N–H and O–H groups in total. The van der Waals surface area contributed by atoms with Crippen LogP contribution in [-0.4, -0.2) is 31.8 Å². The lowest BCUT2D eigenvalue weighted by atomic mass is 10.1. The van der Waals surface area contributed by atoms with Crippen LogP contribution in [0.1, 0.15) is 37.0 Å². The van der Waals surface area contributed by atoms with Crippen LogP contribution in [0.5, 0.6) is 11.5 Å². The highest BCUT2D eigenvalue weighted by Crippen LogP contribution is 2.25. The molecule has 1 heterocycles. The van der Waals surface area contributed by atoms with Gasteiger partial charge in [0.2, 0.25) is 0 Å². The normalized spacial score (nSPS) is 16.2. The molecule has 0 aromatic heterocycles. The van der Waals surface area contributed by atoms with E-state index in [4.69, 9.17) is 14.2 Å². The van der Waals surface area contributed by atoms with Gasteiger partial charge in [-0.25, -0.2) is 0 Å². The maximum absolute atomic E-state index is 12.8. The molecule has 1 amide bonds. The molecular formula is C22H26BrNO4. The van der Waals surface area contributed by atoms with Crippen LogP contribution in [0.15, 0.2) is 46.9 Å². The van der Waals surface area contributed by atoms with Crippen molar-refractivity contribution in [2.45, 2.75) is 32.8 Å². The minimum absolute atomic E-state index is 0.181. The smallest absolute Gasteiger partial charge is 0.259 e. The van der Waals surface area contributed by atoms with Crippen molar-refractivity contribution in [3.05, 3.63) is 52.5 Å². The predicted octanol–water partition coefficient (Wildman–Crippen LogP) is 5.29. The van der Waals surface area contributed by atoms with E-state index in [1.807, 2.05) is 36.4 Å².